The lowest BCUT2D eigenvalue weighted by atomic mass is 10.1. The van der Waals surface area contributed by atoms with Gasteiger partial charge in [0.15, 0.2) is 23.3 Å². The summed E-state index contributed by atoms with van der Waals surface area (Å²) in [4.78, 5) is 13.1. The second-order valence-corrected chi connectivity index (χ2v) is 8.72. The molecule has 0 saturated heterocycles. The van der Waals surface area contributed by atoms with E-state index in [-0.39, 0.29) is 16.8 Å². The Morgan fingerprint density at radius 1 is 1.14 bits per heavy atom. The highest BCUT2D eigenvalue weighted by Gasteiger charge is 2.23. The number of aliphatic imine (C=N–C) groups is 1. The predicted molar refractivity (Wildman–Crippen MR) is 133 cm³/mol. The molecule has 2 atom stereocenters. The lowest BCUT2D eigenvalue weighted by Crippen LogP contribution is -2.21. The Morgan fingerprint density at radius 2 is 1.94 bits per heavy atom. The third-order valence-corrected chi connectivity index (χ3v) is 5.96. The first-order chi connectivity index (χ1) is 17.4. The van der Waals surface area contributed by atoms with Crippen LogP contribution in [-0.2, 0) is 11.2 Å². The van der Waals surface area contributed by atoms with Crippen molar-refractivity contribution in [2.45, 2.75) is 25.5 Å². The molecule has 0 aliphatic carbocycles. The molecule has 0 bridgehead atoms. The van der Waals surface area contributed by atoms with E-state index < -0.39 is 23.5 Å². The van der Waals surface area contributed by atoms with E-state index in [1.807, 2.05) is 18.2 Å². The van der Waals surface area contributed by atoms with Gasteiger partial charge in [0.2, 0.25) is 0 Å². The molecule has 0 spiro atoms. The number of hydrogen-bond donors (Lipinski definition) is 2. The third kappa shape index (κ3) is 5.07. The van der Waals surface area contributed by atoms with Crippen molar-refractivity contribution in [2.75, 3.05) is 11.9 Å². The number of halogens is 3. The molecule has 184 valence electrons. The number of nitrogens with zero attached hydrogens (tertiary/aromatic N) is 3. The molecular weight excluding hydrogens is 490 g/mol. The largest absolute Gasteiger partial charge is 0.478 e. The number of aliphatic hydroxyl groups excluding tert-OH is 1. The van der Waals surface area contributed by atoms with Gasteiger partial charge in [-0.15, -0.1) is 0 Å². The standard InChI is InChI=1S/C26H21ClF2N4O3/c1-14(34)22-12-35-24(33-22)10-15-5-7-21-17(9-15)26(31-13-30-21)32-16-6-8-23(18(27)11-16)36-25-19(28)3-2-4-20(25)29/h2-9,11,13-14,22,34H,10,12H2,1H3,(H,30,31,32)/t14-,22?/m1/s1. The van der Waals surface area contributed by atoms with Crippen LogP contribution in [-0.4, -0.2) is 39.7 Å². The first-order valence-electron chi connectivity index (χ1n) is 11.2. The Kier molecular flexibility index (Phi) is 6.67. The zero-order chi connectivity index (χ0) is 25.2. The molecular formula is C26H21ClF2N4O3. The van der Waals surface area contributed by atoms with Crippen LogP contribution in [0.3, 0.4) is 0 Å². The molecule has 1 aliphatic rings. The van der Waals surface area contributed by atoms with Crippen LogP contribution < -0.4 is 10.1 Å². The topological polar surface area (TPSA) is 88.9 Å². The van der Waals surface area contributed by atoms with Crippen molar-refractivity contribution in [3.8, 4) is 11.5 Å². The molecule has 0 amide bonds. The van der Waals surface area contributed by atoms with E-state index in [9.17, 15) is 13.9 Å². The molecule has 0 fully saturated rings. The minimum atomic E-state index is -0.827. The number of ether oxygens (including phenoxy) is 2. The summed E-state index contributed by atoms with van der Waals surface area (Å²) in [5.41, 5.74) is 2.27. The second-order valence-electron chi connectivity index (χ2n) is 8.32. The van der Waals surface area contributed by atoms with Gasteiger partial charge in [-0.25, -0.2) is 23.7 Å². The number of nitrogens with one attached hydrogen (secondary N) is 1. The van der Waals surface area contributed by atoms with Crippen molar-refractivity contribution in [3.63, 3.8) is 0 Å². The Labute approximate surface area is 210 Å². The van der Waals surface area contributed by atoms with Gasteiger partial charge in [-0.1, -0.05) is 23.7 Å². The van der Waals surface area contributed by atoms with E-state index in [2.05, 4.69) is 20.3 Å². The van der Waals surface area contributed by atoms with Crippen molar-refractivity contribution in [1.29, 1.82) is 0 Å². The summed E-state index contributed by atoms with van der Waals surface area (Å²) < 4.78 is 38.9. The fourth-order valence-corrected chi connectivity index (χ4v) is 3.98. The van der Waals surface area contributed by atoms with Crippen LogP contribution in [0.2, 0.25) is 5.02 Å². The highest BCUT2D eigenvalue weighted by Crippen LogP contribution is 2.35. The Morgan fingerprint density at radius 3 is 2.67 bits per heavy atom. The van der Waals surface area contributed by atoms with E-state index >= 15 is 0 Å². The van der Waals surface area contributed by atoms with E-state index in [1.54, 1.807) is 19.1 Å². The molecule has 0 radical (unpaired) electrons. The number of para-hydroxylation sites is 1. The lowest BCUT2D eigenvalue weighted by molar-refractivity contribution is 0.145. The van der Waals surface area contributed by atoms with Crippen molar-refractivity contribution in [2.24, 2.45) is 4.99 Å². The third-order valence-electron chi connectivity index (χ3n) is 5.67. The van der Waals surface area contributed by atoms with Gasteiger partial charge in [0.25, 0.3) is 0 Å². The molecule has 5 rings (SSSR count). The number of fused-ring (bicyclic) bond motifs is 1. The molecule has 1 aromatic heterocycles. The van der Waals surface area contributed by atoms with Gasteiger partial charge in [-0.2, -0.15) is 0 Å². The quantitative estimate of drug-likeness (QED) is 0.326. The van der Waals surface area contributed by atoms with Crippen LogP contribution in [0, 0.1) is 11.6 Å². The first-order valence-corrected chi connectivity index (χ1v) is 11.5. The van der Waals surface area contributed by atoms with Crippen LogP contribution in [0.25, 0.3) is 10.9 Å². The van der Waals surface area contributed by atoms with Gasteiger partial charge < -0.3 is 19.9 Å². The molecule has 3 aromatic carbocycles. The van der Waals surface area contributed by atoms with Crippen molar-refractivity contribution in [3.05, 3.63) is 83.1 Å². The zero-order valence-electron chi connectivity index (χ0n) is 19.1. The van der Waals surface area contributed by atoms with Crippen molar-refractivity contribution in [1.82, 2.24) is 9.97 Å². The number of rotatable bonds is 7. The number of anilines is 2. The fraction of sp³-hybridized carbons (Fsp3) is 0.192. The maximum Gasteiger partial charge on any atom is 0.198 e. The van der Waals surface area contributed by atoms with Gasteiger partial charge >= 0.3 is 0 Å². The van der Waals surface area contributed by atoms with Crippen LogP contribution in [0.1, 0.15) is 12.5 Å². The minimum absolute atomic E-state index is 0.105. The summed E-state index contributed by atoms with van der Waals surface area (Å²) in [5.74, 6) is -0.958. The predicted octanol–water partition coefficient (Wildman–Crippen LogP) is 5.82. The Balaban J connectivity index is 1.38. The number of hydrogen-bond acceptors (Lipinski definition) is 7. The van der Waals surface area contributed by atoms with Gasteiger partial charge in [0.1, 0.15) is 30.5 Å². The molecule has 4 aromatic rings. The van der Waals surface area contributed by atoms with Gasteiger partial charge in [0, 0.05) is 17.5 Å². The summed E-state index contributed by atoms with van der Waals surface area (Å²) in [6.07, 6.45) is 1.34. The summed E-state index contributed by atoms with van der Waals surface area (Å²) in [7, 11) is 0. The Hall–Kier alpha value is -3.82. The van der Waals surface area contributed by atoms with Crippen LogP contribution in [0.4, 0.5) is 20.3 Å². The van der Waals surface area contributed by atoms with E-state index in [0.717, 1.165) is 28.6 Å². The fourth-order valence-electron chi connectivity index (χ4n) is 3.76. The highest BCUT2D eigenvalue weighted by molar-refractivity contribution is 6.32. The molecule has 2 N–H and O–H groups in total. The maximum absolute atomic E-state index is 13.9. The zero-order valence-corrected chi connectivity index (χ0v) is 19.8. The summed E-state index contributed by atoms with van der Waals surface area (Å²) in [6, 6.07) is 13.7. The van der Waals surface area contributed by atoms with Crippen LogP contribution in [0.5, 0.6) is 11.5 Å². The SMILES string of the molecule is C[C@@H](O)C1COC(Cc2ccc3ncnc(Nc4ccc(Oc5c(F)cccc5F)c(Cl)c4)c3c2)=N1. The second kappa shape index (κ2) is 10.0. The maximum atomic E-state index is 13.9. The molecule has 7 nitrogen and oxygen atoms in total. The van der Waals surface area contributed by atoms with Gasteiger partial charge in [-0.3, -0.25) is 0 Å². The molecule has 10 heteroatoms. The highest BCUT2D eigenvalue weighted by atomic mass is 35.5. The first kappa shape index (κ1) is 23.9. The lowest BCUT2D eigenvalue weighted by Gasteiger charge is -2.13. The smallest absolute Gasteiger partial charge is 0.198 e. The molecule has 2 heterocycles. The van der Waals surface area contributed by atoms with Crippen LogP contribution in [0.15, 0.2) is 65.9 Å². The summed E-state index contributed by atoms with van der Waals surface area (Å²) >= 11 is 6.34. The Bertz CT molecular complexity index is 1440. The van der Waals surface area contributed by atoms with Gasteiger partial charge in [-0.05, 0) is 55.0 Å². The van der Waals surface area contributed by atoms with Gasteiger partial charge in [0.05, 0.1) is 16.6 Å². The minimum Gasteiger partial charge on any atom is -0.478 e. The monoisotopic (exact) mass is 510 g/mol. The average Bonchev–Trinajstić information content (AvgIpc) is 3.32. The molecule has 36 heavy (non-hydrogen) atoms. The number of benzene rings is 3. The van der Waals surface area contributed by atoms with Crippen molar-refractivity contribution >= 4 is 39.9 Å². The average molecular weight is 511 g/mol. The molecule has 1 aliphatic heterocycles. The number of aromatic nitrogens is 2. The van der Waals surface area contributed by atoms with Crippen molar-refractivity contribution < 1.29 is 23.4 Å². The molecule has 1 unspecified atom stereocenters. The summed E-state index contributed by atoms with van der Waals surface area (Å²) in [5, 5.41) is 13.9. The van der Waals surface area contributed by atoms with E-state index in [4.69, 9.17) is 21.1 Å². The van der Waals surface area contributed by atoms with Crippen LogP contribution >= 0.6 is 11.6 Å². The summed E-state index contributed by atoms with van der Waals surface area (Å²) in [6.45, 7) is 2.05. The van der Waals surface area contributed by atoms with E-state index in [0.29, 0.717) is 30.4 Å². The van der Waals surface area contributed by atoms with E-state index in [1.165, 1.54) is 18.5 Å². The number of aliphatic hydroxyl groups is 1. The normalized spacial score (nSPS) is 15.9. The molecule has 0 saturated carbocycles.